The number of pyridine rings is 1. The Balaban J connectivity index is 2.79. The molecule has 0 aliphatic rings. The molecule has 18 heavy (non-hydrogen) atoms. The summed E-state index contributed by atoms with van der Waals surface area (Å²) in [6, 6.07) is 3.67. The molecule has 5 heteroatoms. The van der Waals surface area contributed by atoms with E-state index in [1.807, 2.05) is 17.0 Å². The zero-order chi connectivity index (χ0) is 13.4. The van der Waals surface area contributed by atoms with Crippen LogP contribution in [0.3, 0.4) is 0 Å². The number of carbonyl (C=O) groups excluding carboxylic acids is 1. The van der Waals surface area contributed by atoms with Gasteiger partial charge in [-0.05, 0) is 19.4 Å². The molecule has 1 aromatic rings. The smallest absolute Gasteiger partial charge is 0.325 e. The number of esters is 1. The van der Waals surface area contributed by atoms with Crippen LogP contribution in [0, 0.1) is 0 Å². The van der Waals surface area contributed by atoms with Gasteiger partial charge in [0.05, 0.1) is 13.7 Å². The van der Waals surface area contributed by atoms with E-state index in [-0.39, 0.29) is 12.5 Å². The van der Waals surface area contributed by atoms with Crippen LogP contribution in [0.2, 0.25) is 0 Å². The van der Waals surface area contributed by atoms with Crippen molar-refractivity contribution in [1.82, 2.24) is 4.98 Å². The predicted octanol–water partition coefficient (Wildman–Crippen LogP) is 1.87. The molecular weight excluding hydrogens is 232 g/mol. The van der Waals surface area contributed by atoms with E-state index in [0.29, 0.717) is 12.5 Å². The third-order valence-electron chi connectivity index (χ3n) is 2.41. The summed E-state index contributed by atoms with van der Waals surface area (Å²) in [5.74, 6) is 0.319. The Morgan fingerprint density at radius 1 is 1.44 bits per heavy atom. The summed E-state index contributed by atoms with van der Waals surface area (Å²) in [7, 11) is 1.57. The number of ether oxygens (including phenoxy) is 2. The summed E-state index contributed by atoms with van der Waals surface area (Å²) in [5, 5.41) is 0. The number of hydrogen-bond acceptors (Lipinski definition) is 5. The predicted molar refractivity (Wildman–Crippen MR) is 69.9 cm³/mol. The van der Waals surface area contributed by atoms with E-state index in [9.17, 15) is 4.79 Å². The van der Waals surface area contributed by atoms with E-state index < -0.39 is 0 Å². The van der Waals surface area contributed by atoms with E-state index in [1.54, 1.807) is 20.2 Å². The minimum absolute atomic E-state index is 0.221. The molecule has 0 aromatic carbocycles. The van der Waals surface area contributed by atoms with Gasteiger partial charge in [0.15, 0.2) is 0 Å². The van der Waals surface area contributed by atoms with Crippen LogP contribution in [0.5, 0.6) is 5.88 Å². The van der Waals surface area contributed by atoms with Gasteiger partial charge in [0.2, 0.25) is 5.88 Å². The molecule has 1 rings (SSSR count). The normalized spacial score (nSPS) is 9.94. The van der Waals surface area contributed by atoms with Crippen molar-refractivity contribution in [1.29, 1.82) is 0 Å². The average molecular weight is 252 g/mol. The first-order valence-electron chi connectivity index (χ1n) is 6.11. The highest BCUT2D eigenvalue weighted by Crippen LogP contribution is 2.18. The van der Waals surface area contributed by atoms with Gasteiger partial charge in [0.1, 0.15) is 6.54 Å². The van der Waals surface area contributed by atoms with Gasteiger partial charge in [-0.25, -0.2) is 4.98 Å². The Bertz CT molecular complexity index is 382. The Hall–Kier alpha value is -1.78. The second-order valence-corrected chi connectivity index (χ2v) is 3.78. The minimum atomic E-state index is -0.221. The molecule has 0 fully saturated rings. The lowest BCUT2D eigenvalue weighted by molar-refractivity contribution is -0.141. The SMILES string of the molecule is CCCN(CC(=O)OCC)c1ccnc(OC)c1. The number of aromatic nitrogens is 1. The van der Waals surface area contributed by atoms with Crippen molar-refractivity contribution in [3.8, 4) is 5.88 Å². The standard InChI is InChI=1S/C13H20N2O3/c1-4-8-15(10-13(16)18-5-2)11-6-7-14-12(9-11)17-3/h6-7,9H,4-5,8,10H2,1-3H3. The molecule has 0 amide bonds. The minimum Gasteiger partial charge on any atom is -0.481 e. The Morgan fingerprint density at radius 2 is 2.22 bits per heavy atom. The van der Waals surface area contributed by atoms with Crippen molar-refractivity contribution in [2.75, 3.05) is 31.7 Å². The topological polar surface area (TPSA) is 51.7 Å². The summed E-state index contributed by atoms with van der Waals surface area (Å²) < 4.78 is 10.1. The zero-order valence-corrected chi connectivity index (χ0v) is 11.2. The molecule has 0 aliphatic heterocycles. The molecule has 1 heterocycles. The second-order valence-electron chi connectivity index (χ2n) is 3.78. The van der Waals surface area contributed by atoms with Crippen LogP contribution in [-0.4, -0.2) is 37.8 Å². The molecule has 0 N–H and O–H groups in total. The van der Waals surface area contributed by atoms with Crippen molar-refractivity contribution in [3.63, 3.8) is 0 Å². The molecule has 0 unspecified atom stereocenters. The lowest BCUT2D eigenvalue weighted by atomic mass is 10.3. The summed E-state index contributed by atoms with van der Waals surface area (Å²) in [6.07, 6.45) is 2.62. The Labute approximate surface area is 108 Å². The Kier molecular flexibility index (Phi) is 5.97. The van der Waals surface area contributed by atoms with Crippen LogP contribution in [0.4, 0.5) is 5.69 Å². The third kappa shape index (κ3) is 4.24. The van der Waals surface area contributed by atoms with Gasteiger partial charge >= 0.3 is 5.97 Å². The van der Waals surface area contributed by atoms with Gasteiger partial charge in [0.25, 0.3) is 0 Å². The monoisotopic (exact) mass is 252 g/mol. The number of rotatable bonds is 7. The van der Waals surface area contributed by atoms with Gasteiger partial charge in [-0.3, -0.25) is 4.79 Å². The molecule has 0 spiro atoms. The van der Waals surface area contributed by atoms with Crippen molar-refractivity contribution in [2.45, 2.75) is 20.3 Å². The van der Waals surface area contributed by atoms with Crippen LogP contribution in [0.1, 0.15) is 20.3 Å². The average Bonchev–Trinajstić information content (AvgIpc) is 2.38. The number of carbonyl (C=O) groups is 1. The van der Waals surface area contributed by atoms with E-state index in [4.69, 9.17) is 9.47 Å². The highest BCUT2D eigenvalue weighted by Gasteiger charge is 2.12. The molecule has 0 bridgehead atoms. The van der Waals surface area contributed by atoms with Crippen LogP contribution >= 0.6 is 0 Å². The van der Waals surface area contributed by atoms with Crippen LogP contribution < -0.4 is 9.64 Å². The van der Waals surface area contributed by atoms with Gasteiger partial charge in [-0.15, -0.1) is 0 Å². The van der Waals surface area contributed by atoms with Crippen molar-refractivity contribution in [2.24, 2.45) is 0 Å². The van der Waals surface area contributed by atoms with Crippen LogP contribution in [0.25, 0.3) is 0 Å². The van der Waals surface area contributed by atoms with Crippen LogP contribution in [-0.2, 0) is 9.53 Å². The molecule has 1 aromatic heterocycles. The molecule has 5 nitrogen and oxygen atoms in total. The first-order chi connectivity index (χ1) is 8.71. The molecule has 0 radical (unpaired) electrons. The van der Waals surface area contributed by atoms with Gasteiger partial charge in [-0.2, -0.15) is 0 Å². The quantitative estimate of drug-likeness (QED) is 0.693. The van der Waals surface area contributed by atoms with Gasteiger partial charge in [-0.1, -0.05) is 6.92 Å². The number of nitrogens with zero attached hydrogens (tertiary/aromatic N) is 2. The molecule has 0 atom stereocenters. The fourth-order valence-electron chi connectivity index (χ4n) is 1.64. The highest BCUT2D eigenvalue weighted by atomic mass is 16.5. The molecule has 100 valence electrons. The lowest BCUT2D eigenvalue weighted by Crippen LogP contribution is -2.31. The maximum Gasteiger partial charge on any atom is 0.325 e. The van der Waals surface area contributed by atoms with E-state index >= 15 is 0 Å². The number of hydrogen-bond donors (Lipinski definition) is 0. The van der Waals surface area contributed by atoms with Crippen molar-refractivity contribution < 1.29 is 14.3 Å². The van der Waals surface area contributed by atoms with Crippen molar-refractivity contribution >= 4 is 11.7 Å². The summed E-state index contributed by atoms with van der Waals surface area (Å²) in [6.45, 7) is 5.30. The first-order valence-corrected chi connectivity index (χ1v) is 6.11. The molecule has 0 aliphatic carbocycles. The fourth-order valence-corrected chi connectivity index (χ4v) is 1.64. The maximum absolute atomic E-state index is 11.5. The summed E-state index contributed by atoms with van der Waals surface area (Å²) >= 11 is 0. The second kappa shape index (κ2) is 7.53. The molecular formula is C13H20N2O3. The molecule has 0 saturated carbocycles. The zero-order valence-electron chi connectivity index (χ0n) is 11.2. The summed E-state index contributed by atoms with van der Waals surface area (Å²) in [4.78, 5) is 17.6. The molecule has 0 saturated heterocycles. The highest BCUT2D eigenvalue weighted by molar-refractivity contribution is 5.75. The maximum atomic E-state index is 11.5. The largest absolute Gasteiger partial charge is 0.481 e. The van der Waals surface area contributed by atoms with Gasteiger partial charge < -0.3 is 14.4 Å². The van der Waals surface area contributed by atoms with Crippen molar-refractivity contribution in [3.05, 3.63) is 18.3 Å². The van der Waals surface area contributed by atoms with Gasteiger partial charge in [0, 0.05) is 24.5 Å². The number of methoxy groups -OCH3 is 1. The van der Waals surface area contributed by atoms with E-state index in [0.717, 1.165) is 18.7 Å². The van der Waals surface area contributed by atoms with Crippen LogP contribution in [0.15, 0.2) is 18.3 Å². The fraction of sp³-hybridized carbons (Fsp3) is 0.538. The summed E-state index contributed by atoms with van der Waals surface area (Å²) in [5.41, 5.74) is 0.914. The first kappa shape index (κ1) is 14.3. The number of anilines is 1. The van der Waals surface area contributed by atoms with E-state index in [1.165, 1.54) is 0 Å². The Morgan fingerprint density at radius 3 is 2.83 bits per heavy atom. The van der Waals surface area contributed by atoms with E-state index in [2.05, 4.69) is 11.9 Å². The third-order valence-corrected chi connectivity index (χ3v) is 2.41. The lowest BCUT2D eigenvalue weighted by Gasteiger charge is -2.23.